The molecule has 2 saturated heterocycles. The third-order valence-electron chi connectivity index (χ3n) is 3.93. The number of carbonyl (C=O) groups is 1. The van der Waals surface area contributed by atoms with Gasteiger partial charge in [-0.2, -0.15) is 0 Å². The van der Waals surface area contributed by atoms with Gasteiger partial charge in [0.2, 0.25) is 0 Å². The molecule has 1 aromatic rings. The molecule has 2 unspecified atom stereocenters. The Bertz CT molecular complexity index is 454. The van der Waals surface area contributed by atoms with Gasteiger partial charge in [-0.3, -0.25) is 0 Å². The largest absolute Gasteiger partial charge is 0.497 e. The summed E-state index contributed by atoms with van der Waals surface area (Å²) in [6, 6.07) is 8.36. The Labute approximate surface area is 112 Å². The average Bonchev–Trinajstić information content (AvgIpc) is 3.08. The second-order valence-corrected chi connectivity index (χ2v) is 5.07. The van der Waals surface area contributed by atoms with Gasteiger partial charge in [-0.25, -0.2) is 4.79 Å². The van der Waals surface area contributed by atoms with Gasteiger partial charge in [0.05, 0.1) is 13.2 Å². The number of hydrogen-bond donors (Lipinski definition) is 2. The normalized spacial score (nSPS) is 26.6. The van der Waals surface area contributed by atoms with Gasteiger partial charge in [-0.1, -0.05) is 12.1 Å². The molecule has 0 aromatic heterocycles. The van der Waals surface area contributed by atoms with Crippen molar-refractivity contribution in [3.8, 4) is 5.75 Å². The number of urea groups is 1. The molecular formula is C14H19N3O2. The number of nitrogens with zero attached hydrogens (tertiary/aromatic N) is 1. The second kappa shape index (κ2) is 5.09. The fourth-order valence-corrected chi connectivity index (χ4v) is 2.80. The van der Waals surface area contributed by atoms with Gasteiger partial charge in [0.15, 0.2) is 0 Å². The number of hydrogen-bond acceptors (Lipinski definition) is 3. The van der Waals surface area contributed by atoms with Crippen LogP contribution in [0.25, 0.3) is 0 Å². The van der Waals surface area contributed by atoms with E-state index >= 15 is 0 Å². The van der Waals surface area contributed by atoms with Gasteiger partial charge >= 0.3 is 6.03 Å². The van der Waals surface area contributed by atoms with Crippen LogP contribution in [0.15, 0.2) is 24.3 Å². The summed E-state index contributed by atoms with van der Waals surface area (Å²) in [7, 11) is 1.65. The maximum absolute atomic E-state index is 12.0. The van der Waals surface area contributed by atoms with Crippen LogP contribution in [0.1, 0.15) is 18.0 Å². The molecule has 0 aliphatic carbocycles. The molecule has 0 spiro atoms. The van der Waals surface area contributed by atoms with Crippen LogP contribution in [-0.4, -0.2) is 43.7 Å². The van der Waals surface area contributed by atoms with Gasteiger partial charge < -0.3 is 20.3 Å². The van der Waals surface area contributed by atoms with Crippen LogP contribution in [0.3, 0.4) is 0 Å². The third-order valence-corrected chi connectivity index (χ3v) is 3.93. The number of nitrogens with one attached hydrogen (secondary N) is 2. The molecule has 2 N–H and O–H groups in total. The molecule has 2 fully saturated rings. The van der Waals surface area contributed by atoms with Crippen LogP contribution in [0.2, 0.25) is 0 Å². The van der Waals surface area contributed by atoms with Crippen LogP contribution in [0, 0.1) is 0 Å². The first-order valence-corrected chi connectivity index (χ1v) is 6.70. The van der Waals surface area contributed by atoms with E-state index < -0.39 is 0 Å². The van der Waals surface area contributed by atoms with E-state index in [9.17, 15) is 4.79 Å². The Morgan fingerprint density at radius 3 is 2.74 bits per heavy atom. The summed E-state index contributed by atoms with van der Waals surface area (Å²) in [5.41, 5.74) is 1.13. The van der Waals surface area contributed by atoms with Crippen molar-refractivity contribution in [2.24, 2.45) is 0 Å². The predicted molar refractivity (Wildman–Crippen MR) is 72.2 cm³/mol. The molecular weight excluding hydrogens is 242 g/mol. The number of ether oxygens (including phenoxy) is 1. The highest BCUT2D eigenvalue weighted by Crippen LogP contribution is 2.25. The number of carbonyl (C=O) groups excluding carboxylic acids is 1. The first kappa shape index (κ1) is 12.3. The zero-order chi connectivity index (χ0) is 13.2. The summed E-state index contributed by atoms with van der Waals surface area (Å²) in [4.78, 5) is 14.0. The molecule has 5 nitrogen and oxygen atoms in total. The van der Waals surface area contributed by atoms with Crippen molar-refractivity contribution in [1.82, 2.24) is 15.5 Å². The average molecular weight is 261 g/mol. The summed E-state index contributed by atoms with van der Waals surface area (Å²) in [6.07, 6.45) is 1.04. The van der Waals surface area contributed by atoms with E-state index in [1.165, 1.54) is 0 Å². The van der Waals surface area contributed by atoms with Crippen LogP contribution < -0.4 is 15.4 Å². The van der Waals surface area contributed by atoms with E-state index in [1.54, 1.807) is 7.11 Å². The summed E-state index contributed by atoms with van der Waals surface area (Å²) < 4.78 is 5.15. The van der Waals surface area contributed by atoms with Crippen molar-refractivity contribution in [1.29, 1.82) is 0 Å². The summed E-state index contributed by atoms with van der Waals surface area (Å²) in [6.45, 7) is 2.65. The summed E-state index contributed by atoms with van der Waals surface area (Å²) >= 11 is 0. The summed E-state index contributed by atoms with van der Waals surface area (Å²) in [5, 5.41) is 6.35. The Kier molecular flexibility index (Phi) is 3.29. The fraction of sp³-hybridized carbons (Fsp3) is 0.500. The molecule has 2 aliphatic heterocycles. The maximum Gasteiger partial charge on any atom is 0.318 e. The van der Waals surface area contributed by atoms with E-state index in [2.05, 4.69) is 10.6 Å². The Morgan fingerprint density at radius 1 is 1.32 bits per heavy atom. The lowest BCUT2D eigenvalue weighted by atomic mass is 10.1. The fourth-order valence-electron chi connectivity index (χ4n) is 2.80. The predicted octanol–water partition coefficient (Wildman–Crippen LogP) is 1.12. The molecule has 0 saturated carbocycles. The van der Waals surface area contributed by atoms with Gasteiger partial charge in [-0.05, 0) is 30.7 Å². The van der Waals surface area contributed by atoms with Crippen molar-refractivity contribution in [2.45, 2.75) is 18.5 Å². The molecule has 3 rings (SSSR count). The van der Waals surface area contributed by atoms with Crippen molar-refractivity contribution >= 4 is 6.03 Å². The first-order valence-electron chi connectivity index (χ1n) is 6.70. The number of benzene rings is 1. The summed E-state index contributed by atoms with van der Waals surface area (Å²) in [5.74, 6) is 0.838. The van der Waals surface area contributed by atoms with Crippen molar-refractivity contribution in [3.05, 3.63) is 29.8 Å². The van der Waals surface area contributed by atoms with Crippen molar-refractivity contribution in [2.75, 3.05) is 26.7 Å². The highest BCUT2D eigenvalue weighted by atomic mass is 16.5. The zero-order valence-electron chi connectivity index (χ0n) is 11.1. The molecule has 2 aliphatic rings. The van der Waals surface area contributed by atoms with Gasteiger partial charge in [0.1, 0.15) is 5.75 Å². The van der Waals surface area contributed by atoms with Gasteiger partial charge in [0.25, 0.3) is 0 Å². The van der Waals surface area contributed by atoms with E-state index in [0.717, 1.165) is 37.4 Å². The molecule has 102 valence electrons. The van der Waals surface area contributed by atoms with Crippen molar-refractivity contribution in [3.63, 3.8) is 0 Å². The molecule has 2 heterocycles. The highest BCUT2D eigenvalue weighted by molar-refractivity contribution is 5.77. The quantitative estimate of drug-likeness (QED) is 0.857. The number of rotatable bonds is 3. The molecule has 5 heteroatoms. The number of amides is 2. The Morgan fingerprint density at radius 2 is 2.11 bits per heavy atom. The van der Waals surface area contributed by atoms with Crippen LogP contribution in [-0.2, 0) is 0 Å². The molecule has 0 bridgehead atoms. The SMILES string of the molecule is COc1ccc(C2CN(C3CCNC3)C(=O)N2)cc1. The van der Waals surface area contributed by atoms with E-state index in [4.69, 9.17) is 4.74 Å². The minimum absolute atomic E-state index is 0.0505. The van der Waals surface area contributed by atoms with Crippen LogP contribution >= 0.6 is 0 Å². The topological polar surface area (TPSA) is 53.6 Å². The molecule has 1 aromatic carbocycles. The van der Waals surface area contributed by atoms with Crippen molar-refractivity contribution < 1.29 is 9.53 Å². The first-order chi connectivity index (χ1) is 9.28. The standard InChI is InChI=1S/C14H19N3O2/c1-19-12-4-2-10(3-5-12)13-9-17(14(18)16-13)11-6-7-15-8-11/h2-5,11,13,15H,6-9H2,1H3,(H,16,18). The van der Waals surface area contributed by atoms with Crippen LogP contribution in [0.5, 0.6) is 5.75 Å². The maximum atomic E-state index is 12.0. The lowest BCUT2D eigenvalue weighted by molar-refractivity contribution is 0.201. The Balaban J connectivity index is 1.70. The minimum atomic E-state index is 0.0505. The lowest BCUT2D eigenvalue weighted by Crippen LogP contribution is -2.39. The third kappa shape index (κ3) is 2.38. The van der Waals surface area contributed by atoms with Crippen LogP contribution in [0.4, 0.5) is 4.79 Å². The van der Waals surface area contributed by atoms with Gasteiger partial charge in [-0.15, -0.1) is 0 Å². The Hall–Kier alpha value is -1.75. The molecule has 2 amide bonds. The van der Waals surface area contributed by atoms with Gasteiger partial charge in [0, 0.05) is 19.1 Å². The lowest BCUT2D eigenvalue weighted by Gasteiger charge is -2.21. The highest BCUT2D eigenvalue weighted by Gasteiger charge is 2.35. The second-order valence-electron chi connectivity index (χ2n) is 5.07. The zero-order valence-corrected chi connectivity index (χ0v) is 11.1. The molecule has 0 radical (unpaired) electrons. The van der Waals surface area contributed by atoms with E-state index in [-0.39, 0.29) is 12.1 Å². The smallest absolute Gasteiger partial charge is 0.318 e. The number of methoxy groups -OCH3 is 1. The minimum Gasteiger partial charge on any atom is -0.497 e. The monoisotopic (exact) mass is 261 g/mol. The van der Waals surface area contributed by atoms with E-state index in [0.29, 0.717) is 6.04 Å². The molecule has 2 atom stereocenters. The molecule has 19 heavy (non-hydrogen) atoms. The van der Waals surface area contributed by atoms with E-state index in [1.807, 2.05) is 29.2 Å².